The Bertz CT molecular complexity index is 495. The maximum atomic E-state index is 11.7. The topological polar surface area (TPSA) is 34.1 Å². The van der Waals surface area contributed by atoms with Crippen LogP contribution in [0.15, 0.2) is 30.3 Å². The summed E-state index contributed by atoms with van der Waals surface area (Å²) < 4.78 is 23.3. The van der Waals surface area contributed by atoms with E-state index in [1.807, 2.05) is 30.3 Å². The summed E-state index contributed by atoms with van der Waals surface area (Å²) in [6, 6.07) is 9.77. The number of hydrogen-bond acceptors (Lipinski definition) is 2. The second-order valence-corrected chi connectivity index (χ2v) is 7.65. The van der Waals surface area contributed by atoms with Crippen LogP contribution in [-0.2, 0) is 15.3 Å². The Morgan fingerprint density at radius 3 is 2.22 bits per heavy atom. The van der Waals surface area contributed by atoms with Gasteiger partial charge in [0.05, 0.1) is 11.5 Å². The number of alkyl halides is 2. The van der Waals surface area contributed by atoms with E-state index in [4.69, 9.17) is 23.2 Å². The molecule has 1 aromatic rings. The van der Waals surface area contributed by atoms with Crippen molar-refractivity contribution in [3.05, 3.63) is 35.9 Å². The molecular formula is C13H16Cl2O2S. The summed E-state index contributed by atoms with van der Waals surface area (Å²) in [7, 11) is -2.92. The van der Waals surface area contributed by atoms with Crippen LogP contribution in [0, 0.1) is 5.92 Å². The van der Waals surface area contributed by atoms with E-state index >= 15 is 0 Å². The number of sulfone groups is 1. The normalized spacial score (nSPS) is 23.1. The average molecular weight is 307 g/mol. The molecule has 0 bridgehead atoms. The van der Waals surface area contributed by atoms with Gasteiger partial charge in [0.15, 0.2) is 9.84 Å². The van der Waals surface area contributed by atoms with Gasteiger partial charge in [-0.2, -0.15) is 0 Å². The maximum Gasteiger partial charge on any atom is 0.150 e. The average Bonchev–Trinajstić information content (AvgIpc) is 2.74. The van der Waals surface area contributed by atoms with Gasteiger partial charge in [0, 0.05) is 17.2 Å². The fourth-order valence-electron chi connectivity index (χ4n) is 2.64. The summed E-state index contributed by atoms with van der Waals surface area (Å²) >= 11 is 12.3. The lowest BCUT2D eigenvalue weighted by Gasteiger charge is -2.35. The minimum Gasteiger partial charge on any atom is -0.229 e. The molecule has 1 heterocycles. The van der Waals surface area contributed by atoms with Crippen LogP contribution in [0.1, 0.15) is 12.0 Å². The third-order valence-electron chi connectivity index (χ3n) is 3.84. The molecule has 18 heavy (non-hydrogen) atoms. The molecule has 1 fully saturated rings. The molecule has 0 N–H and O–H groups in total. The van der Waals surface area contributed by atoms with E-state index < -0.39 is 15.3 Å². The highest BCUT2D eigenvalue weighted by atomic mass is 35.5. The molecule has 0 spiro atoms. The minimum atomic E-state index is -2.92. The first-order valence-corrected chi connectivity index (χ1v) is 8.81. The van der Waals surface area contributed by atoms with Gasteiger partial charge in [0.25, 0.3) is 0 Å². The van der Waals surface area contributed by atoms with Gasteiger partial charge in [0.1, 0.15) is 0 Å². The summed E-state index contributed by atoms with van der Waals surface area (Å²) in [4.78, 5) is 0. The molecule has 1 unspecified atom stereocenters. The van der Waals surface area contributed by atoms with Crippen LogP contribution in [0.4, 0.5) is 0 Å². The van der Waals surface area contributed by atoms with E-state index in [9.17, 15) is 8.42 Å². The first-order valence-electron chi connectivity index (χ1n) is 5.92. The molecule has 0 radical (unpaired) electrons. The zero-order valence-corrected chi connectivity index (χ0v) is 12.3. The van der Waals surface area contributed by atoms with E-state index in [0.717, 1.165) is 5.56 Å². The fourth-order valence-corrected chi connectivity index (χ4v) is 5.58. The molecule has 0 aliphatic carbocycles. The Morgan fingerprint density at radius 2 is 1.78 bits per heavy atom. The van der Waals surface area contributed by atoms with Crippen molar-refractivity contribution in [3.8, 4) is 0 Å². The number of rotatable bonds is 4. The zero-order valence-electron chi connectivity index (χ0n) is 9.98. The monoisotopic (exact) mass is 306 g/mol. The third-order valence-corrected chi connectivity index (χ3v) is 6.56. The Hall–Kier alpha value is -0.250. The highest BCUT2D eigenvalue weighted by molar-refractivity contribution is 7.91. The Kier molecular flexibility index (Phi) is 4.25. The second kappa shape index (κ2) is 5.40. The molecule has 5 heteroatoms. The maximum absolute atomic E-state index is 11.7. The van der Waals surface area contributed by atoms with Crippen LogP contribution in [0.3, 0.4) is 0 Å². The van der Waals surface area contributed by atoms with E-state index in [0.29, 0.717) is 18.2 Å². The van der Waals surface area contributed by atoms with Crippen molar-refractivity contribution in [1.82, 2.24) is 0 Å². The molecule has 1 aromatic carbocycles. The summed E-state index contributed by atoms with van der Waals surface area (Å²) in [6.07, 6.45) is 0.649. The van der Waals surface area contributed by atoms with Gasteiger partial charge in [-0.15, -0.1) is 23.2 Å². The molecule has 0 saturated carbocycles. The summed E-state index contributed by atoms with van der Waals surface area (Å²) in [5, 5.41) is 0. The van der Waals surface area contributed by atoms with Crippen molar-refractivity contribution >= 4 is 33.0 Å². The molecule has 1 atom stereocenters. The van der Waals surface area contributed by atoms with E-state index in [2.05, 4.69) is 0 Å². The smallest absolute Gasteiger partial charge is 0.150 e. The van der Waals surface area contributed by atoms with Crippen molar-refractivity contribution in [1.29, 1.82) is 0 Å². The lowest BCUT2D eigenvalue weighted by molar-refractivity contribution is 0.361. The summed E-state index contributed by atoms with van der Waals surface area (Å²) in [6.45, 7) is 0. The Labute approximate surface area is 118 Å². The lowest BCUT2D eigenvalue weighted by atomic mass is 9.73. The second-order valence-electron chi connectivity index (χ2n) is 4.89. The molecular weight excluding hydrogens is 291 g/mol. The van der Waals surface area contributed by atoms with Gasteiger partial charge >= 0.3 is 0 Å². The summed E-state index contributed by atoms with van der Waals surface area (Å²) in [5.41, 5.74) is 0.602. The van der Waals surface area contributed by atoms with Crippen LogP contribution >= 0.6 is 23.2 Å². The lowest BCUT2D eigenvalue weighted by Crippen LogP contribution is -2.40. The highest BCUT2D eigenvalue weighted by Gasteiger charge is 2.44. The van der Waals surface area contributed by atoms with E-state index in [1.165, 1.54) is 0 Å². The van der Waals surface area contributed by atoms with Gasteiger partial charge in [-0.25, -0.2) is 8.42 Å². The number of hydrogen-bond donors (Lipinski definition) is 0. The van der Waals surface area contributed by atoms with Crippen molar-refractivity contribution in [2.45, 2.75) is 11.8 Å². The number of benzene rings is 1. The van der Waals surface area contributed by atoms with Crippen LogP contribution in [0.5, 0.6) is 0 Å². The quantitative estimate of drug-likeness (QED) is 0.802. The fraction of sp³-hybridized carbons (Fsp3) is 0.538. The molecule has 2 nitrogen and oxygen atoms in total. The van der Waals surface area contributed by atoms with Gasteiger partial charge in [-0.1, -0.05) is 30.3 Å². The highest BCUT2D eigenvalue weighted by Crippen LogP contribution is 2.41. The van der Waals surface area contributed by atoms with Crippen LogP contribution in [0.25, 0.3) is 0 Å². The Morgan fingerprint density at radius 1 is 1.17 bits per heavy atom. The molecule has 0 aromatic heterocycles. The minimum absolute atomic E-state index is 0.0138. The third kappa shape index (κ3) is 2.54. The Balaban J connectivity index is 2.39. The van der Waals surface area contributed by atoms with Gasteiger partial charge in [-0.3, -0.25) is 0 Å². The van der Waals surface area contributed by atoms with Gasteiger partial charge in [-0.05, 0) is 17.9 Å². The molecule has 0 amide bonds. The first-order chi connectivity index (χ1) is 8.54. The number of halogens is 2. The SMILES string of the molecule is O=S1(=O)CCC(C(CCl)(CCl)c2ccccc2)C1. The zero-order chi connectivity index (χ0) is 13.2. The molecule has 1 aliphatic heterocycles. The standard InChI is InChI=1S/C13H16Cl2O2S/c14-9-13(10-15,11-4-2-1-3-5-11)12-6-7-18(16,17)8-12/h1-5,12H,6-10H2. The van der Waals surface area contributed by atoms with Crippen molar-refractivity contribution in [2.75, 3.05) is 23.3 Å². The van der Waals surface area contributed by atoms with Gasteiger partial charge < -0.3 is 0 Å². The van der Waals surface area contributed by atoms with Crippen LogP contribution in [-0.4, -0.2) is 31.7 Å². The van der Waals surface area contributed by atoms with E-state index in [1.54, 1.807) is 0 Å². The van der Waals surface area contributed by atoms with Crippen LogP contribution < -0.4 is 0 Å². The van der Waals surface area contributed by atoms with Crippen LogP contribution in [0.2, 0.25) is 0 Å². The predicted octanol–water partition coefficient (Wildman–Crippen LogP) is 2.84. The van der Waals surface area contributed by atoms with E-state index in [-0.39, 0.29) is 17.4 Å². The molecule has 2 rings (SSSR count). The molecule has 1 saturated heterocycles. The van der Waals surface area contributed by atoms with Gasteiger partial charge in [0.2, 0.25) is 0 Å². The largest absolute Gasteiger partial charge is 0.229 e. The van der Waals surface area contributed by atoms with Crippen molar-refractivity contribution in [2.24, 2.45) is 5.92 Å². The molecule has 100 valence electrons. The summed E-state index contributed by atoms with van der Waals surface area (Å²) in [5.74, 6) is 1.16. The molecule has 1 aliphatic rings. The van der Waals surface area contributed by atoms with Crippen molar-refractivity contribution < 1.29 is 8.42 Å². The first kappa shape index (κ1) is 14.2. The van der Waals surface area contributed by atoms with Crippen molar-refractivity contribution in [3.63, 3.8) is 0 Å². The predicted molar refractivity (Wildman–Crippen MR) is 76.3 cm³/mol.